The van der Waals surface area contributed by atoms with E-state index in [4.69, 9.17) is 0 Å². The zero-order chi connectivity index (χ0) is 20.4. The molecule has 0 fully saturated rings. The highest BCUT2D eigenvalue weighted by Gasteiger charge is 2.22. The molecule has 2 aromatic heterocycles. The highest BCUT2D eigenvalue weighted by atomic mass is 32.1. The summed E-state index contributed by atoms with van der Waals surface area (Å²) in [5.41, 5.74) is -0.819. The molecule has 2 heterocycles. The Kier molecular flexibility index (Phi) is 5.73. The van der Waals surface area contributed by atoms with E-state index in [1.165, 1.54) is 23.6 Å². The molecule has 0 bridgehead atoms. The average molecular weight is 407 g/mol. The van der Waals surface area contributed by atoms with Crippen molar-refractivity contribution in [2.24, 2.45) is 0 Å². The summed E-state index contributed by atoms with van der Waals surface area (Å²) in [5, 5.41) is 9.72. The number of benzene rings is 1. The molecule has 0 aliphatic carbocycles. The molecule has 1 N–H and O–H groups in total. The fraction of sp³-hybridized carbons (Fsp3) is 0.263. The predicted molar refractivity (Wildman–Crippen MR) is 97.2 cm³/mol. The van der Waals surface area contributed by atoms with E-state index in [0.29, 0.717) is 18.6 Å². The number of carbonyl (C=O) groups excluding carboxylic acids is 2. The van der Waals surface area contributed by atoms with Crippen LogP contribution in [-0.2, 0) is 6.42 Å². The van der Waals surface area contributed by atoms with E-state index in [2.05, 4.69) is 15.2 Å². The van der Waals surface area contributed by atoms with E-state index < -0.39 is 28.8 Å². The fourth-order valence-corrected chi connectivity index (χ4v) is 3.39. The molecule has 0 atom stereocenters. The summed E-state index contributed by atoms with van der Waals surface area (Å²) < 4.78 is 40.6. The Hall–Kier alpha value is -2.81. The minimum atomic E-state index is -1.30. The van der Waals surface area contributed by atoms with Gasteiger partial charge >= 0.3 is 0 Å². The Morgan fingerprint density at radius 2 is 1.79 bits per heavy atom. The number of aryl methyl sites for hydroxylation is 1. The first-order chi connectivity index (χ1) is 13.3. The van der Waals surface area contributed by atoms with Crippen molar-refractivity contribution in [3.8, 4) is 0 Å². The minimum absolute atomic E-state index is 0.0919. The number of H-pyrrole nitrogens is 1. The fourth-order valence-electron chi connectivity index (χ4n) is 2.55. The Morgan fingerprint density at radius 1 is 1.11 bits per heavy atom. The van der Waals surface area contributed by atoms with Gasteiger partial charge in [0.2, 0.25) is 0 Å². The molecule has 0 aliphatic rings. The Morgan fingerprint density at radius 3 is 2.39 bits per heavy atom. The molecule has 0 spiro atoms. The molecule has 5 nitrogen and oxygen atoms in total. The van der Waals surface area contributed by atoms with Crippen molar-refractivity contribution in [2.45, 2.75) is 32.6 Å². The lowest BCUT2D eigenvalue weighted by atomic mass is 10.0. The number of nitrogens with one attached hydrogen (secondary N) is 1. The number of hydrogen-bond donors (Lipinski definition) is 1. The van der Waals surface area contributed by atoms with Gasteiger partial charge < -0.3 is 4.98 Å². The second-order valence-corrected chi connectivity index (χ2v) is 7.58. The molecule has 9 heteroatoms. The number of Topliss-reactive ketones (excluding diaryl/α,β-unsaturated/α-hetero) is 1. The van der Waals surface area contributed by atoms with Gasteiger partial charge in [0, 0.05) is 42.7 Å². The van der Waals surface area contributed by atoms with Crippen LogP contribution in [0, 0.1) is 17.5 Å². The van der Waals surface area contributed by atoms with Gasteiger partial charge in [0.25, 0.3) is 0 Å². The maximum Gasteiger partial charge on any atom is 0.200 e. The number of aromatic nitrogens is 3. The quantitative estimate of drug-likeness (QED) is 0.587. The van der Waals surface area contributed by atoms with Crippen LogP contribution in [0.15, 0.2) is 24.4 Å². The molecule has 0 unspecified atom stereocenters. The monoisotopic (exact) mass is 407 g/mol. The minimum Gasteiger partial charge on any atom is -0.358 e. The van der Waals surface area contributed by atoms with Gasteiger partial charge in [0.1, 0.15) is 27.5 Å². The van der Waals surface area contributed by atoms with Crippen LogP contribution in [0.5, 0.6) is 0 Å². The van der Waals surface area contributed by atoms with Gasteiger partial charge in [-0.25, -0.2) is 13.2 Å². The summed E-state index contributed by atoms with van der Waals surface area (Å²) in [6, 6.07) is 2.09. The Balaban J connectivity index is 1.71. The maximum atomic E-state index is 13.8. The summed E-state index contributed by atoms with van der Waals surface area (Å²) in [6.07, 6.45) is 1.73. The first-order valence-electron chi connectivity index (χ1n) is 8.49. The molecule has 1 aromatic carbocycles. The third-order valence-electron chi connectivity index (χ3n) is 4.02. The van der Waals surface area contributed by atoms with E-state index in [0.717, 1.165) is 10.0 Å². The van der Waals surface area contributed by atoms with Gasteiger partial charge in [-0.1, -0.05) is 13.8 Å². The summed E-state index contributed by atoms with van der Waals surface area (Å²) in [6.45, 7) is 4.00. The van der Waals surface area contributed by atoms with E-state index >= 15 is 0 Å². The van der Waals surface area contributed by atoms with Crippen molar-refractivity contribution in [1.82, 2.24) is 15.2 Å². The van der Waals surface area contributed by atoms with Gasteiger partial charge in [-0.3, -0.25) is 9.59 Å². The van der Waals surface area contributed by atoms with Crippen LogP contribution in [0.2, 0.25) is 0 Å². The molecule has 0 saturated heterocycles. The third kappa shape index (κ3) is 4.19. The molecule has 0 saturated carbocycles. The first-order valence-corrected chi connectivity index (χ1v) is 9.31. The van der Waals surface area contributed by atoms with E-state index in [1.807, 2.05) is 13.8 Å². The molecular formula is C19H16F3N3O2S. The number of hydrogen-bond acceptors (Lipinski definition) is 5. The van der Waals surface area contributed by atoms with Gasteiger partial charge in [0.15, 0.2) is 11.6 Å². The van der Waals surface area contributed by atoms with Gasteiger partial charge in [-0.2, -0.15) is 0 Å². The SMILES string of the molecule is CC(C)c1nnc(CCC(=O)c2cc(C(=O)c3c(F)cc(F)cc3F)c[nH]2)s1. The van der Waals surface area contributed by atoms with Crippen LogP contribution in [0.1, 0.15) is 62.6 Å². The van der Waals surface area contributed by atoms with Crippen molar-refractivity contribution in [3.63, 3.8) is 0 Å². The summed E-state index contributed by atoms with van der Waals surface area (Å²) >= 11 is 1.44. The van der Waals surface area contributed by atoms with Crippen LogP contribution in [0.25, 0.3) is 0 Å². The maximum absolute atomic E-state index is 13.8. The smallest absolute Gasteiger partial charge is 0.200 e. The molecule has 0 amide bonds. The van der Waals surface area contributed by atoms with Gasteiger partial charge in [-0.15, -0.1) is 21.5 Å². The second-order valence-electron chi connectivity index (χ2n) is 6.49. The van der Waals surface area contributed by atoms with Gasteiger partial charge in [-0.05, 0) is 6.07 Å². The molecule has 0 radical (unpaired) electrons. The average Bonchev–Trinajstić information content (AvgIpc) is 3.28. The molecular weight excluding hydrogens is 391 g/mol. The van der Waals surface area contributed by atoms with E-state index in [9.17, 15) is 22.8 Å². The standard InChI is InChI=1S/C19H16F3N3O2S/c1-9(2)19-25-24-16(28-19)4-3-15(26)14-5-10(8-23-14)18(27)17-12(21)6-11(20)7-13(17)22/h5-9,23H,3-4H2,1-2H3. The summed E-state index contributed by atoms with van der Waals surface area (Å²) in [4.78, 5) is 27.3. The van der Waals surface area contributed by atoms with Crippen LogP contribution in [-0.4, -0.2) is 26.7 Å². The third-order valence-corrected chi connectivity index (χ3v) is 5.31. The van der Waals surface area contributed by atoms with Gasteiger partial charge in [0.05, 0.1) is 11.3 Å². The summed E-state index contributed by atoms with van der Waals surface area (Å²) in [7, 11) is 0. The molecule has 146 valence electrons. The zero-order valence-corrected chi connectivity index (χ0v) is 15.9. The number of carbonyl (C=O) groups is 2. The molecule has 3 aromatic rings. The van der Waals surface area contributed by atoms with Crippen molar-refractivity contribution in [3.05, 3.63) is 68.7 Å². The van der Waals surface area contributed by atoms with Crippen LogP contribution >= 0.6 is 11.3 Å². The Labute approximate surface area is 162 Å². The van der Waals surface area contributed by atoms with Crippen LogP contribution in [0.4, 0.5) is 13.2 Å². The summed E-state index contributed by atoms with van der Waals surface area (Å²) in [5.74, 6) is -4.71. The van der Waals surface area contributed by atoms with Crippen molar-refractivity contribution < 1.29 is 22.8 Å². The number of ketones is 2. The lowest BCUT2D eigenvalue weighted by molar-refractivity contribution is 0.0978. The van der Waals surface area contributed by atoms with Crippen molar-refractivity contribution in [1.29, 1.82) is 0 Å². The van der Waals surface area contributed by atoms with Crippen molar-refractivity contribution >= 4 is 22.9 Å². The highest BCUT2D eigenvalue weighted by molar-refractivity contribution is 7.11. The number of aromatic amines is 1. The lowest BCUT2D eigenvalue weighted by Crippen LogP contribution is -2.07. The number of rotatable bonds is 7. The topological polar surface area (TPSA) is 75.7 Å². The van der Waals surface area contributed by atoms with E-state index in [1.54, 1.807) is 0 Å². The second kappa shape index (κ2) is 8.05. The van der Waals surface area contributed by atoms with Crippen molar-refractivity contribution in [2.75, 3.05) is 0 Å². The van der Waals surface area contributed by atoms with E-state index in [-0.39, 0.29) is 29.4 Å². The Bertz CT molecular complexity index is 1020. The van der Waals surface area contributed by atoms with Crippen LogP contribution < -0.4 is 0 Å². The molecule has 28 heavy (non-hydrogen) atoms. The number of halogens is 3. The largest absolute Gasteiger partial charge is 0.358 e. The molecule has 0 aliphatic heterocycles. The normalized spacial score (nSPS) is 11.2. The first kappa shape index (κ1) is 19.9. The highest BCUT2D eigenvalue weighted by Crippen LogP contribution is 2.22. The number of nitrogens with zero attached hydrogens (tertiary/aromatic N) is 2. The van der Waals surface area contributed by atoms with Crippen LogP contribution in [0.3, 0.4) is 0 Å². The predicted octanol–water partition coefficient (Wildman–Crippen LogP) is 4.45. The lowest BCUT2D eigenvalue weighted by Gasteiger charge is -2.02. The zero-order valence-electron chi connectivity index (χ0n) is 15.1. The molecule has 3 rings (SSSR count).